The molecule has 39 heavy (non-hydrogen) atoms. The van der Waals surface area contributed by atoms with Gasteiger partial charge in [0.2, 0.25) is 5.91 Å². The minimum absolute atomic E-state index is 0.0583. The Morgan fingerprint density at radius 2 is 1.51 bits per heavy atom. The third-order valence-corrected chi connectivity index (χ3v) is 8.46. The van der Waals surface area contributed by atoms with Crippen LogP contribution in [0.25, 0.3) is 0 Å². The number of methoxy groups -OCH3 is 2. The molecule has 0 unspecified atom stereocenters. The van der Waals surface area contributed by atoms with Crippen molar-refractivity contribution in [3.05, 3.63) is 71.3 Å². The molecule has 8 nitrogen and oxygen atoms in total. The minimum atomic E-state index is -0.342. The Balaban J connectivity index is 1.17. The monoisotopic (exact) mass is 531 g/mol. The van der Waals surface area contributed by atoms with E-state index >= 15 is 0 Å². The van der Waals surface area contributed by atoms with Crippen LogP contribution in [0, 0.1) is 11.8 Å². The fourth-order valence-electron chi connectivity index (χ4n) is 6.23. The standard InChI is InChI=1S/C31H37N3O5/c1-36-27-12-11-24(19-28(27)37-2)29-25-5-3-4-6-26(25)30(35)34(32-29)21-23-9-7-22(8-10-23)20-33-15-13-31(14-16-33)38-17-18-39-31/h3-4,7-12,19,25-26H,5-6,13-18,20-21H2,1-2H3/t25-,26+/m1/s1. The number of fused-ring (bicyclic) bond motifs is 1. The Kier molecular flexibility index (Phi) is 7.42. The van der Waals surface area contributed by atoms with E-state index < -0.39 is 0 Å². The molecular weight excluding hydrogens is 494 g/mol. The molecule has 8 heteroatoms. The van der Waals surface area contributed by atoms with Crippen LogP contribution in [-0.4, -0.2) is 67.8 Å². The van der Waals surface area contributed by atoms with Crippen LogP contribution < -0.4 is 9.47 Å². The van der Waals surface area contributed by atoms with Gasteiger partial charge in [-0.15, -0.1) is 0 Å². The van der Waals surface area contributed by atoms with Gasteiger partial charge in [0.1, 0.15) is 0 Å². The van der Waals surface area contributed by atoms with Gasteiger partial charge in [0.15, 0.2) is 17.3 Å². The van der Waals surface area contributed by atoms with Gasteiger partial charge < -0.3 is 18.9 Å². The topological polar surface area (TPSA) is 72.8 Å². The van der Waals surface area contributed by atoms with Crippen molar-refractivity contribution < 1.29 is 23.7 Å². The number of likely N-dealkylation sites (tertiary alicyclic amines) is 1. The number of piperidine rings is 1. The average molecular weight is 532 g/mol. The second kappa shape index (κ2) is 11.1. The fourth-order valence-corrected chi connectivity index (χ4v) is 6.23. The van der Waals surface area contributed by atoms with E-state index in [0.717, 1.165) is 62.2 Å². The third-order valence-electron chi connectivity index (χ3n) is 8.46. The highest BCUT2D eigenvalue weighted by Gasteiger charge is 2.41. The van der Waals surface area contributed by atoms with Gasteiger partial charge in [-0.3, -0.25) is 9.69 Å². The molecule has 3 heterocycles. The number of hydrogen-bond acceptors (Lipinski definition) is 7. The summed E-state index contributed by atoms with van der Waals surface area (Å²) >= 11 is 0. The summed E-state index contributed by atoms with van der Waals surface area (Å²) in [6, 6.07) is 14.4. The first kappa shape index (κ1) is 26.0. The van der Waals surface area contributed by atoms with Crippen LogP contribution in [0.3, 0.4) is 0 Å². The molecule has 3 aliphatic heterocycles. The lowest BCUT2D eigenvalue weighted by molar-refractivity contribution is -0.185. The van der Waals surface area contributed by atoms with Crippen molar-refractivity contribution in [2.45, 2.75) is 44.6 Å². The van der Waals surface area contributed by atoms with Crippen molar-refractivity contribution in [1.82, 2.24) is 9.91 Å². The van der Waals surface area contributed by atoms with E-state index in [1.165, 1.54) is 5.56 Å². The molecule has 2 atom stereocenters. The lowest BCUT2D eigenvalue weighted by atomic mass is 9.76. The molecule has 0 N–H and O–H groups in total. The Bertz CT molecular complexity index is 1240. The number of ether oxygens (including phenoxy) is 4. The van der Waals surface area contributed by atoms with E-state index in [1.54, 1.807) is 19.2 Å². The smallest absolute Gasteiger partial charge is 0.247 e. The van der Waals surface area contributed by atoms with Crippen molar-refractivity contribution >= 4 is 11.6 Å². The summed E-state index contributed by atoms with van der Waals surface area (Å²) < 4.78 is 22.7. The molecule has 206 valence electrons. The molecule has 1 spiro atoms. The lowest BCUT2D eigenvalue weighted by Crippen LogP contribution is -2.45. The highest BCUT2D eigenvalue weighted by molar-refractivity contribution is 6.07. The number of hydrogen-bond donors (Lipinski definition) is 0. The van der Waals surface area contributed by atoms with E-state index in [9.17, 15) is 4.79 Å². The molecular formula is C31H37N3O5. The van der Waals surface area contributed by atoms with E-state index in [1.807, 2.05) is 18.2 Å². The molecule has 1 aliphatic carbocycles. The van der Waals surface area contributed by atoms with E-state index in [-0.39, 0.29) is 23.5 Å². The molecule has 2 fully saturated rings. The largest absolute Gasteiger partial charge is 0.493 e. The van der Waals surface area contributed by atoms with Crippen LogP contribution in [0.5, 0.6) is 11.5 Å². The van der Waals surface area contributed by atoms with Crippen molar-refractivity contribution in [2.24, 2.45) is 16.9 Å². The number of rotatable bonds is 7. The molecule has 0 bridgehead atoms. The fraction of sp³-hybridized carbons (Fsp3) is 0.484. The van der Waals surface area contributed by atoms with E-state index in [4.69, 9.17) is 24.0 Å². The van der Waals surface area contributed by atoms with Crippen LogP contribution in [0.2, 0.25) is 0 Å². The first-order valence-corrected chi connectivity index (χ1v) is 13.9. The number of hydrazone groups is 1. The van der Waals surface area contributed by atoms with Gasteiger partial charge in [-0.05, 0) is 42.2 Å². The van der Waals surface area contributed by atoms with Crippen molar-refractivity contribution in [1.29, 1.82) is 0 Å². The second-order valence-corrected chi connectivity index (χ2v) is 10.8. The van der Waals surface area contributed by atoms with E-state index in [2.05, 4.69) is 41.3 Å². The maximum atomic E-state index is 13.5. The van der Waals surface area contributed by atoms with Gasteiger partial charge in [-0.2, -0.15) is 5.10 Å². The van der Waals surface area contributed by atoms with Crippen LogP contribution in [0.4, 0.5) is 0 Å². The van der Waals surface area contributed by atoms with Crippen molar-refractivity contribution in [3.8, 4) is 11.5 Å². The summed E-state index contributed by atoms with van der Waals surface area (Å²) in [7, 11) is 3.27. The lowest BCUT2D eigenvalue weighted by Gasteiger charge is -2.37. The average Bonchev–Trinajstić information content (AvgIpc) is 3.44. The van der Waals surface area contributed by atoms with Gasteiger partial charge in [0.05, 0.1) is 45.6 Å². The second-order valence-electron chi connectivity index (χ2n) is 10.8. The summed E-state index contributed by atoms with van der Waals surface area (Å²) in [6.07, 6.45) is 7.66. The van der Waals surface area contributed by atoms with Crippen LogP contribution in [-0.2, 0) is 27.4 Å². The highest BCUT2D eigenvalue weighted by atomic mass is 16.7. The molecule has 2 saturated heterocycles. The number of benzene rings is 2. The third kappa shape index (κ3) is 5.33. The van der Waals surface area contributed by atoms with Gasteiger partial charge in [-0.25, -0.2) is 5.01 Å². The Labute approximate surface area is 230 Å². The number of amides is 1. The molecule has 0 saturated carbocycles. The molecule has 0 aromatic heterocycles. The van der Waals surface area contributed by atoms with Crippen LogP contribution >= 0.6 is 0 Å². The summed E-state index contributed by atoms with van der Waals surface area (Å²) in [5, 5.41) is 6.59. The zero-order valence-corrected chi connectivity index (χ0v) is 22.8. The van der Waals surface area contributed by atoms with Crippen molar-refractivity contribution in [2.75, 3.05) is 40.5 Å². The van der Waals surface area contributed by atoms with E-state index in [0.29, 0.717) is 31.3 Å². The molecule has 0 radical (unpaired) electrons. The van der Waals surface area contributed by atoms with Gasteiger partial charge in [0.25, 0.3) is 0 Å². The molecule has 6 rings (SSSR count). The quantitative estimate of drug-likeness (QED) is 0.494. The first-order valence-electron chi connectivity index (χ1n) is 13.9. The summed E-state index contributed by atoms with van der Waals surface area (Å²) in [5.74, 6) is 1.04. The maximum Gasteiger partial charge on any atom is 0.247 e. The van der Waals surface area contributed by atoms with Gasteiger partial charge in [0, 0.05) is 44.0 Å². The predicted octanol–water partition coefficient (Wildman–Crippen LogP) is 4.37. The molecule has 2 aromatic carbocycles. The zero-order valence-electron chi connectivity index (χ0n) is 22.8. The molecule has 4 aliphatic rings. The number of carbonyl (C=O) groups is 1. The predicted molar refractivity (Wildman–Crippen MR) is 148 cm³/mol. The van der Waals surface area contributed by atoms with Gasteiger partial charge >= 0.3 is 0 Å². The number of nitrogens with zero attached hydrogens (tertiary/aromatic N) is 3. The Morgan fingerprint density at radius 3 is 2.18 bits per heavy atom. The Hall–Kier alpha value is -3.20. The molecule has 1 amide bonds. The minimum Gasteiger partial charge on any atom is -0.493 e. The highest BCUT2D eigenvalue weighted by Crippen LogP contribution is 2.37. The number of carbonyl (C=O) groups excluding carboxylic acids is 1. The summed E-state index contributed by atoms with van der Waals surface area (Å²) in [4.78, 5) is 16.0. The van der Waals surface area contributed by atoms with Crippen molar-refractivity contribution in [3.63, 3.8) is 0 Å². The SMILES string of the molecule is COc1ccc(C2=NN(Cc3ccc(CN4CCC5(CC4)OCCO5)cc3)C(=O)[C@H]3CC=CC[C@@H]23)cc1OC. The van der Waals surface area contributed by atoms with Gasteiger partial charge in [-0.1, -0.05) is 36.4 Å². The normalized spacial score (nSPS) is 24.5. The summed E-state index contributed by atoms with van der Waals surface area (Å²) in [6.45, 7) is 4.70. The zero-order chi connectivity index (χ0) is 26.8. The van der Waals surface area contributed by atoms with Crippen LogP contribution in [0.15, 0.2) is 59.7 Å². The maximum absolute atomic E-state index is 13.5. The summed E-state index contributed by atoms with van der Waals surface area (Å²) in [5.41, 5.74) is 4.22. The molecule has 2 aromatic rings. The number of allylic oxidation sites excluding steroid dienone is 2. The van der Waals surface area contributed by atoms with Crippen LogP contribution in [0.1, 0.15) is 42.4 Å². The first-order chi connectivity index (χ1) is 19.1. The Morgan fingerprint density at radius 1 is 0.872 bits per heavy atom.